The van der Waals surface area contributed by atoms with Crippen molar-refractivity contribution in [2.45, 2.75) is 25.9 Å². The van der Waals surface area contributed by atoms with Gasteiger partial charge in [0.1, 0.15) is 5.75 Å². The number of amides is 1. The van der Waals surface area contributed by atoms with E-state index < -0.39 is 11.0 Å². The lowest BCUT2D eigenvalue weighted by Gasteiger charge is -2.28. The van der Waals surface area contributed by atoms with E-state index in [1.165, 1.54) is 0 Å². The Morgan fingerprint density at radius 2 is 1.92 bits per heavy atom. The summed E-state index contributed by atoms with van der Waals surface area (Å²) >= 11 is 0. The van der Waals surface area contributed by atoms with Crippen LogP contribution in [0.25, 0.3) is 0 Å². The maximum atomic E-state index is 12.7. The third-order valence-electron chi connectivity index (χ3n) is 5.06. The van der Waals surface area contributed by atoms with Crippen molar-refractivity contribution in [2.24, 2.45) is 11.3 Å². The largest absolute Gasteiger partial charge is 0.454 e. The first-order valence-electron chi connectivity index (χ1n) is 8.02. The number of carbonyl (C=O) groups excluding carboxylic acids is 1. The molecule has 1 saturated carbocycles. The maximum Gasteiger partial charge on any atom is 0.236 e. The zero-order valence-corrected chi connectivity index (χ0v) is 13.7. The molecule has 6 nitrogen and oxygen atoms in total. The number of ether oxygens (including phenoxy) is 2. The summed E-state index contributed by atoms with van der Waals surface area (Å²) in [7, 11) is 0. The molecule has 1 aromatic carbocycles. The SMILES string of the molecule is CC1(C)OCC2CC21C(=O)Nc1ncc(Oc2ccccc2)cn1. The molecule has 1 amide bonds. The molecule has 124 valence electrons. The number of para-hydroxylation sites is 1. The normalized spacial score (nSPS) is 26.5. The number of anilines is 1. The minimum absolute atomic E-state index is 0.0632. The smallest absolute Gasteiger partial charge is 0.236 e. The number of nitrogens with zero attached hydrogens (tertiary/aromatic N) is 2. The van der Waals surface area contributed by atoms with Gasteiger partial charge in [-0.2, -0.15) is 0 Å². The number of hydrogen-bond acceptors (Lipinski definition) is 5. The zero-order valence-electron chi connectivity index (χ0n) is 13.7. The van der Waals surface area contributed by atoms with Crippen LogP contribution in [0.2, 0.25) is 0 Å². The molecule has 0 radical (unpaired) electrons. The van der Waals surface area contributed by atoms with Crippen LogP contribution in [0.3, 0.4) is 0 Å². The molecule has 24 heavy (non-hydrogen) atoms. The van der Waals surface area contributed by atoms with Gasteiger partial charge in [-0.05, 0) is 32.4 Å². The monoisotopic (exact) mass is 325 g/mol. The number of nitrogens with one attached hydrogen (secondary N) is 1. The van der Waals surface area contributed by atoms with E-state index in [1.807, 2.05) is 44.2 Å². The quantitative estimate of drug-likeness (QED) is 0.935. The maximum absolute atomic E-state index is 12.7. The fraction of sp³-hybridized carbons (Fsp3) is 0.389. The van der Waals surface area contributed by atoms with E-state index >= 15 is 0 Å². The number of benzene rings is 1. The Bertz CT molecular complexity index is 761. The summed E-state index contributed by atoms with van der Waals surface area (Å²) in [6, 6.07) is 9.40. The fourth-order valence-electron chi connectivity index (χ4n) is 3.53. The number of fused-ring (bicyclic) bond motifs is 1. The lowest BCUT2D eigenvalue weighted by Crippen LogP contribution is -2.41. The van der Waals surface area contributed by atoms with Crippen LogP contribution in [-0.4, -0.2) is 28.1 Å². The molecule has 2 fully saturated rings. The summed E-state index contributed by atoms with van der Waals surface area (Å²) in [5.41, 5.74) is -0.895. The van der Waals surface area contributed by atoms with E-state index in [4.69, 9.17) is 9.47 Å². The molecule has 1 N–H and O–H groups in total. The molecule has 6 heteroatoms. The second-order valence-corrected chi connectivity index (χ2v) is 6.81. The Labute approximate surface area is 140 Å². The Morgan fingerprint density at radius 1 is 1.21 bits per heavy atom. The average Bonchev–Trinajstić information content (AvgIpc) is 3.27. The highest BCUT2D eigenvalue weighted by atomic mass is 16.5. The van der Waals surface area contributed by atoms with Gasteiger partial charge in [0.05, 0.1) is 30.0 Å². The summed E-state index contributed by atoms with van der Waals surface area (Å²) in [4.78, 5) is 21.0. The van der Waals surface area contributed by atoms with Gasteiger partial charge in [0.25, 0.3) is 0 Å². The number of carbonyl (C=O) groups is 1. The summed E-state index contributed by atoms with van der Waals surface area (Å²) in [5.74, 6) is 1.75. The van der Waals surface area contributed by atoms with E-state index in [-0.39, 0.29) is 11.9 Å². The van der Waals surface area contributed by atoms with Crippen LogP contribution in [0.5, 0.6) is 11.5 Å². The molecular weight excluding hydrogens is 306 g/mol. The van der Waals surface area contributed by atoms with Gasteiger partial charge in [0.15, 0.2) is 5.75 Å². The van der Waals surface area contributed by atoms with Crippen LogP contribution in [0, 0.1) is 11.3 Å². The van der Waals surface area contributed by atoms with Crippen LogP contribution in [0.4, 0.5) is 5.95 Å². The van der Waals surface area contributed by atoms with Crippen LogP contribution in [0.15, 0.2) is 42.7 Å². The molecule has 2 atom stereocenters. The Balaban J connectivity index is 1.44. The molecule has 2 heterocycles. The molecule has 1 saturated heterocycles. The highest BCUT2D eigenvalue weighted by Crippen LogP contribution is 2.65. The second kappa shape index (κ2) is 5.27. The van der Waals surface area contributed by atoms with E-state index in [0.717, 1.165) is 6.42 Å². The van der Waals surface area contributed by atoms with Crippen molar-refractivity contribution in [1.82, 2.24) is 9.97 Å². The summed E-state index contributed by atoms with van der Waals surface area (Å²) in [6.07, 6.45) is 3.96. The van der Waals surface area contributed by atoms with Gasteiger partial charge in [-0.1, -0.05) is 18.2 Å². The minimum atomic E-state index is -0.449. The first-order chi connectivity index (χ1) is 11.5. The lowest BCUT2D eigenvalue weighted by molar-refractivity contribution is -0.128. The van der Waals surface area contributed by atoms with Gasteiger partial charge >= 0.3 is 0 Å². The van der Waals surface area contributed by atoms with Crippen LogP contribution < -0.4 is 10.1 Å². The second-order valence-electron chi connectivity index (χ2n) is 6.81. The molecule has 4 rings (SSSR count). The molecule has 2 unspecified atom stereocenters. The topological polar surface area (TPSA) is 73.3 Å². The van der Waals surface area contributed by atoms with Crippen LogP contribution in [0.1, 0.15) is 20.3 Å². The third kappa shape index (κ3) is 2.34. The molecule has 0 spiro atoms. The zero-order chi connectivity index (χ0) is 16.8. The van der Waals surface area contributed by atoms with Crippen LogP contribution >= 0.6 is 0 Å². The van der Waals surface area contributed by atoms with Crippen molar-refractivity contribution in [2.75, 3.05) is 11.9 Å². The van der Waals surface area contributed by atoms with Crippen molar-refractivity contribution in [3.05, 3.63) is 42.7 Å². The minimum Gasteiger partial charge on any atom is -0.454 e. The summed E-state index contributed by atoms with van der Waals surface area (Å²) in [5, 5.41) is 2.82. The van der Waals surface area contributed by atoms with Crippen molar-refractivity contribution >= 4 is 11.9 Å². The first kappa shape index (κ1) is 15.1. The lowest BCUT2D eigenvalue weighted by atomic mass is 9.86. The standard InChI is InChI=1S/C18H19N3O3/c1-17(2)18(8-12(18)11-23-17)15(22)21-16-19-9-14(10-20-16)24-13-6-4-3-5-7-13/h3-7,9-10,12H,8,11H2,1-2H3,(H,19,20,21,22). The number of aromatic nitrogens is 2. The molecule has 1 aliphatic heterocycles. The fourth-order valence-corrected chi connectivity index (χ4v) is 3.53. The van der Waals surface area contributed by atoms with E-state index in [0.29, 0.717) is 24.0 Å². The molecular formula is C18H19N3O3. The van der Waals surface area contributed by atoms with Gasteiger partial charge in [0, 0.05) is 5.92 Å². The van der Waals surface area contributed by atoms with Crippen molar-refractivity contribution in [1.29, 1.82) is 0 Å². The highest BCUT2D eigenvalue weighted by Gasteiger charge is 2.72. The van der Waals surface area contributed by atoms with Crippen LogP contribution in [-0.2, 0) is 9.53 Å². The number of hydrogen-bond donors (Lipinski definition) is 1. The van der Waals surface area contributed by atoms with Crippen molar-refractivity contribution in [3.8, 4) is 11.5 Å². The molecule has 2 aliphatic rings. The Kier molecular flexibility index (Phi) is 3.31. The van der Waals surface area contributed by atoms with E-state index in [9.17, 15) is 4.79 Å². The van der Waals surface area contributed by atoms with Crippen molar-refractivity contribution in [3.63, 3.8) is 0 Å². The Morgan fingerprint density at radius 3 is 2.50 bits per heavy atom. The van der Waals surface area contributed by atoms with Gasteiger partial charge in [0.2, 0.25) is 11.9 Å². The van der Waals surface area contributed by atoms with Crippen molar-refractivity contribution < 1.29 is 14.3 Å². The van der Waals surface area contributed by atoms with Gasteiger partial charge in [-0.15, -0.1) is 0 Å². The number of rotatable bonds is 4. The van der Waals surface area contributed by atoms with E-state index in [1.54, 1.807) is 12.4 Å². The molecule has 1 aliphatic carbocycles. The van der Waals surface area contributed by atoms with Gasteiger partial charge in [-0.3, -0.25) is 10.1 Å². The van der Waals surface area contributed by atoms with E-state index in [2.05, 4.69) is 15.3 Å². The highest BCUT2D eigenvalue weighted by molar-refractivity contribution is 5.97. The Hall–Kier alpha value is -2.47. The first-order valence-corrected chi connectivity index (χ1v) is 8.02. The summed E-state index contributed by atoms with van der Waals surface area (Å²) < 4.78 is 11.4. The molecule has 1 aromatic heterocycles. The molecule has 2 aromatic rings. The van der Waals surface area contributed by atoms with Gasteiger partial charge in [-0.25, -0.2) is 9.97 Å². The third-order valence-corrected chi connectivity index (χ3v) is 5.06. The average molecular weight is 325 g/mol. The predicted octanol–water partition coefficient (Wildman–Crippen LogP) is 3.02. The summed E-state index contributed by atoms with van der Waals surface area (Å²) in [6.45, 7) is 4.58. The predicted molar refractivity (Wildman–Crippen MR) is 87.7 cm³/mol. The molecule has 0 bridgehead atoms. The van der Waals surface area contributed by atoms with Gasteiger partial charge < -0.3 is 9.47 Å².